The second-order valence-electron chi connectivity index (χ2n) is 4.84. The maximum Gasteiger partial charge on any atom is 0.263 e. The highest BCUT2D eigenvalue weighted by atomic mass is 32.2. The van der Waals surface area contributed by atoms with Crippen LogP contribution in [0.25, 0.3) is 6.08 Å². The van der Waals surface area contributed by atoms with Crippen molar-refractivity contribution in [3.05, 3.63) is 70.4 Å². The molecular formula is C17H12FNO2S2. The first-order chi connectivity index (χ1) is 11.1. The maximum absolute atomic E-state index is 13.1. The molecule has 0 bridgehead atoms. The Bertz CT molecular complexity index is 787. The van der Waals surface area contributed by atoms with Crippen molar-refractivity contribution in [3.63, 3.8) is 0 Å². The van der Waals surface area contributed by atoms with Crippen molar-refractivity contribution >= 4 is 40.3 Å². The highest BCUT2D eigenvalue weighted by Crippen LogP contribution is 2.26. The lowest BCUT2D eigenvalue weighted by atomic mass is 10.2. The topological polar surface area (TPSA) is 38.3 Å². The summed E-state index contributed by atoms with van der Waals surface area (Å²) in [7, 11) is 0. The molecule has 0 atom stereocenters. The van der Waals surface area contributed by atoms with Crippen molar-refractivity contribution in [3.8, 4) is 5.75 Å². The second kappa shape index (κ2) is 6.93. The Balaban J connectivity index is 1.64. The Morgan fingerprint density at radius 1 is 1.22 bits per heavy atom. The summed E-state index contributed by atoms with van der Waals surface area (Å²) in [6.07, 6.45) is 1.77. The Labute approximate surface area is 142 Å². The molecule has 1 fully saturated rings. The lowest BCUT2D eigenvalue weighted by Gasteiger charge is -2.06. The normalized spacial score (nSPS) is 15.8. The molecular weight excluding hydrogens is 333 g/mol. The summed E-state index contributed by atoms with van der Waals surface area (Å²) in [5.74, 6) is 0.222. The minimum absolute atomic E-state index is 0.175. The van der Waals surface area contributed by atoms with Gasteiger partial charge in [0.05, 0.1) is 4.91 Å². The monoisotopic (exact) mass is 345 g/mol. The van der Waals surface area contributed by atoms with Crippen LogP contribution < -0.4 is 10.1 Å². The van der Waals surface area contributed by atoms with E-state index in [1.165, 1.54) is 23.9 Å². The third kappa shape index (κ3) is 4.18. The molecule has 0 saturated carbocycles. The number of ether oxygens (including phenoxy) is 1. The van der Waals surface area contributed by atoms with Gasteiger partial charge in [-0.05, 0) is 41.5 Å². The number of thioether (sulfide) groups is 1. The zero-order valence-electron chi connectivity index (χ0n) is 11.9. The summed E-state index contributed by atoms with van der Waals surface area (Å²) in [5, 5.41) is 2.57. The fourth-order valence-corrected chi connectivity index (χ4v) is 3.07. The Hall–Kier alpha value is -2.18. The third-order valence-corrected chi connectivity index (χ3v) is 4.28. The predicted octanol–water partition coefficient (Wildman–Crippen LogP) is 3.89. The maximum atomic E-state index is 13.1. The number of amides is 1. The van der Waals surface area contributed by atoms with Crippen molar-refractivity contribution in [1.82, 2.24) is 5.32 Å². The van der Waals surface area contributed by atoms with Crippen molar-refractivity contribution in [2.24, 2.45) is 0 Å². The third-order valence-electron chi connectivity index (χ3n) is 3.11. The highest BCUT2D eigenvalue weighted by molar-refractivity contribution is 8.26. The fourth-order valence-electron chi connectivity index (χ4n) is 2.03. The molecule has 1 aliphatic rings. The number of halogens is 1. The average molecular weight is 345 g/mol. The van der Waals surface area contributed by atoms with Gasteiger partial charge in [-0.25, -0.2) is 4.39 Å². The van der Waals surface area contributed by atoms with Crippen LogP contribution in [0.1, 0.15) is 11.1 Å². The molecule has 23 heavy (non-hydrogen) atoms. The molecule has 1 aliphatic heterocycles. The smallest absolute Gasteiger partial charge is 0.263 e. The van der Waals surface area contributed by atoms with Crippen LogP contribution in [0.15, 0.2) is 53.4 Å². The quantitative estimate of drug-likeness (QED) is 0.674. The summed E-state index contributed by atoms with van der Waals surface area (Å²) >= 11 is 6.19. The first-order valence-electron chi connectivity index (χ1n) is 6.82. The molecule has 0 radical (unpaired) electrons. The van der Waals surface area contributed by atoms with Gasteiger partial charge in [0.2, 0.25) is 0 Å². The Morgan fingerprint density at radius 2 is 2.00 bits per heavy atom. The average Bonchev–Trinajstić information content (AvgIpc) is 2.84. The minimum Gasteiger partial charge on any atom is -0.489 e. The van der Waals surface area contributed by atoms with E-state index in [1.807, 2.05) is 24.3 Å². The number of hydrogen-bond acceptors (Lipinski definition) is 4. The van der Waals surface area contributed by atoms with Crippen molar-refractivity contribution in [1.29, 1.82) is 0 Å². The first-order valence-corrected chi connectivity index (χ1v) is 8.05. The molecule has 3 rings (SSSR count). The zero-order valence-corrected chi connectivity index (χ0v) is 13.5. The number of nitrogens with one attached hydrogen (secondary N) is 1. The molecule has 0 aromatic heterocycles. The highest BCUT2D eigenvalue weighted by Gasteiger charge is 2.21. The van der Waals surface area contributed by atoms with E-state index in [0.29, 0.717) is 21.6 Å². The summed E-state index contributed by atoms with van der Waals surface area (Å²) < 4.78 is 19.2. The summed E-state index contributed by atoms with van der Waals surface area (Å²) in [6, 6.07) is 13.6. The molecule has 0 aliphatic carbocycles. The van der Waals surface area contributed by atoms with E-state index in [-0.39, 0.29) is 11.7 Å². The Kier molecular flexibility index (Phi) is 4.73. The van der Waals surface area contributed by atoms with Crippen molar-refractivity contribution in [2.75, 3.05) is 0 Å². The van der Waals surface area contributed by atoms with Crippen molar-refractivity contribution in [2.45, 2.75) is 6.61 Å². The minimum atomic E-state index is -0.279. The van der Waals surface area contributed by atoms with Gasteiger partial charge >= 0.3 is 0 Å². The van der Waals surface area contributed by atoms with Gasteiger partial charge in [-0.1, -0.05) is 48.2 Å². The van der Waals surface area contributed by atoms with Gasteiger partial charge in [0.1, 0.15) is 22.5 Å². The molecule has 2 aromatic carbocycles. The number of carbonyl (C=O) groups is 1. The van der Waals surface area contributed by atoms with Gasteiger partial charge < -0.3 is 10.1 Å². The van der Waals surface area contributed by atoms with Crippen LogP contribution in [0.3, 0.4) is 0 Å². The van der Waals surface area contributed by atoms with Gasteiger partial charge in [0.15, 0.2) is 0 Å². The summed E-state index contributed by atoms with van der Waals surface area (Å²) in [6.45, 7) is 0.296. The lowest BCUT2D eigenvalue weighted by molar-refractivity contribution is -0.115. The predicted molar refractivity (Wildman–Crippen MR) is 93.5 cm³/mol. The van der Waals surface area contributed by atoms with E-state index in [9.17, 15) is 9.18 Å². The molecule has 1 amide bonds. The van der Waals surface area contributed by atoms with E-state index < -0.39 is 0 Å². The van der Waals surface area contributed by atoms with Crippen molar-refractivity contribution < 1.29 is 13.9 Å². The number of benzene rings is 2. The summed E-state index contributed by atoms with van der Waals surface area (Å²) in [4.78, 5) is 12.2. The largest absolute Gasteiger partial charge is 0.489 e. The van der Waals surface area contributed by atoms with E-state index >= 15 is 0 Å². The van der Waals surface area contributed by atoms with E-state index in [1.54, 1.807) is 18.2 Å². The van der Waals surface area contributed by atoms with Crippen LogP contribution in [0.4, 0.5) is 4.39 Å². The van der Waals surface area contributed by atoms with Crippen LogP contribution >= 0.6 is 24.0 Å². The van der Waals surface area contributed by atoms with E-state index in [2.05, 4.69) is 5.32 Å². The van der Waals surface area contributed by atoms with E-state index in [0.717, 1.165) is 11.1 Å². The zero-order chi connectivity index (χ0) is 16.2. The Morgan fingerprint density at radius 3 is 2.65 bits per heavy atom. The van der Waals surface area contributed by atoms with Gasteiger partial charge in [0.25, 0.3) is 5.91 Å². The number of hydrogen-bond donors (Lipinski definition) is 1. The molecule has 0 unspecified atom stereocenters. The second-order valence-corrected chi connectivity index (χ2v) is 6.56. The van der Waals surface area contributed by atoms with Gasteiger partial charge in [-0.3, -0.25) is 4.79 Å². The first kappa shape index (κ1) is 15.7. The number of thiocarbonyl (C=S) groups is 1. The van der Waals surface area contributed by atoms with Crippen LogP contribution in [0, 0.1) is 5.82 Å². The summed E-state index contributed by atoms with van der Waals surface area (Å²) in [5.41, 5.74) is 1.65. The molecule has 2 aromatic rings. The molecule has 1 heterocycles. The number of rotatable bonds is 4. The molecule has 1 N–H and O–H groups in total. The molecule has 116 valence electrons. The van der Waals surface area contributed by atoms with Gasteiger partial charge in [-0.15, -0.1) is 0 Å². The van der Waals surface area contributed by atoms with Gasteiger partial charge in [0, 0.05) is 0 Å². The molecule has 6 heteroatoms. The SMILES string of the molecule is O=C1NC(=S)S/C1=C\c1ccc(OCc2cccc(F)c2)cc1. The van der Waals surface area contributed by atoms with Crippen LogP contribution in [0.2, 0.25) is 0 Å². The van der Waals surface area contributed by atoms with Crippen LogP contribution in [-0.4, -0.2) is 10.2 Å². The van der Waals surface area contributed by atoms with Gasteiger partial charge in [-0.2, -0.15) is 0 Å². The molecule has 0 spiro atoms. The lowest BCUT2D eigenvalue weighted by Crippen LogP contribution is -2.17. The fraction of sp³-hybridized carbons (Fsp3) is 0.0588. The standard InChI is InChI=1S/C17H12FNO2S2/c18-13-3-1-2-12(8-13)10-21-14-6-4-11(5-7-14)9-15-16(20)19-17(22)23-15/h1-9H,10H2,(H,19,20,22)/b15-9-. The number of carbonyl (C=O) groups excluding carboxylic acids is 1. The van der Waals surface area contributed by atoms with Crippen LogP contribution in [0.5, 0.6) is 5.75 Å². The molecule has 3 nitrogen and oxygen atoms in total. The van der Waals surface area contributed by atoms with Crippen LogP contribution in [-0.2, 0) is 11.4 Å². The van der Waals surface area contributed by atoms with E-state index in [4.69, 9.17) is 17.0 Å². The molecule has 1 saturated heterocycles.